The Kier molecular flexibility index (Phi) is 4.74. The van der Waals surface area contributed by atoms with Crippen LogP contribution in [0.15, 0.2) is 58.7 Å². The summed E-state index contributed by atoms with van der Waals surface area (Å²) in [5.74, 6) is 0.543. The molecule has 2 aromatic rings. The zero-order valence-electron chi connectivity index (χ0n) is 14.5. The highest BCUT2D eigenvalue weighted by molar-refractivity contribution is 9.10. The van der Waals surface area contributed by atoms with Gasteiger partial charge < -0.3 is 15.2 Å². The topological polar surface area (TPSA) is 105 Å². The number of pyridine rings is 1. The number of nitrogens with zero attached hydrogens (tertiary/aromatic N) is 2. The van der Waals surface area contributed by atoms with E-state index in [1.54, 1.807) is 13.3 Å². The number of rotatable bonds is 3. The highest BCUT2D eigenvalue weighted by Crippen LogP contribution is 2.48. The monoisotopic (exact) mass is 427 g/mol. The van der Waals surface area contributed by atoms with E-state index in [-0.39, 0.29) is 30.0 Å². The van der Waals surface area contributed by atoms with Crippen molar-refractivity contribution in [3.8, 4) is 11.8 Å². The molecule has 7 nitrogen and oxygen atoms in total. The first-order chi connectivity index (χ1) is 13.1. The maximum atomic E-state index is 9.78. The lowest BCUT2D eigenvalue weighted by atomic mass is 9.74. The van der Waals surface area contributed by atoms with Gasteiger partial charge in [-0.2, -0.15) is 5.26 Å². The molecule has 1 saturated heterocycles. The van der Waals surface area contributed by atoms with Gasteiger partial charge in [-0.3, -0.25) is 4.98 Å². The Morgan fingerprint density at radius 2 is 2.15 bits per heavy atom. The lowest BCUT2D eigenvalue weighted by Crippen LogP contribution is -2.41. The number of halogens is 1. The van der Waals surface area contributed by atoms with Gasteiger partial charge in [-0.15, -0.1) is 0 Å². The molecule has 0 saturated carbocycles. The smallest absolute Gasteiger partial charge is 0.200 e. The average molecular weight is 428 g/mol. The minimum atomic E-state index is -0.363. The minimum absolute atomic E-state index is 0.0866. The van der Waals surface area contributed by atoms with Crippen LogP contribution in [0, 0.1) is 17.2 Å². The largest absolute Gasteiger partial charge is 0.496 e. The van der Waals surface area contributed by atoms with Gasteiger partial charge in [-0.25, -0.2) is 10.9 Å². The second-order valence-electron chi connectivity index (χ2n) is 6.43. The summed E-state index contributed by atoms with van der Waals surface area (Å²) in [5.41, 5.74) is 14.9. The van der Waals surface area contributed by atoms with Gasteiger partial charge in [0, 0.05) is 24.2 Å². The molecule has 138 valence electrons. The Hall–Kier alpha value is -2.60. The molecule has 0 aliphatic carbocycles. The van der Waals surface area contributed by atoms with Gasteiger partial charge in [0.2, 0.25) is 5.88 Å². The number of allylic oxidation sites excluding steroid dienone is 1. The van der Waals surface area contributed by atoms with E-state index in [9.17, 15) is 5.26 Å². The second kappa shape index (κ2) is 7.19. The number of hydrogen-bond acceptors (Lipinski definition) is 7. The van der Waals surface area contributed by atoms with E-state index in [2.05, 4.69) is 37.8 Å². The van der Waals surface area contributed by atoms with Crippen molar-refractivity contribution in [1.82, 2.24) is 15.8 Å². The number of hydrazine groups is 1. The van der Waals surface area contributed by atoms with Crippen LogP contribution >= 0.6 is 15.9 Å². The third-order valence-corrected chi connectivity index (χ3v) is 5.65. The Morgan fingerprint density at radius 1 is 1.30 bits per heavy atom. The summed E-state index contributed by atoms with van der Waals surface area (Å²) in [6.45, 7) is 0. The average Bonchev–Trinajstić information content (AvgIpc) is 3.10. The van der Waals surface area contributed by atoms with Crippen molar-refractivity contribution in [2.24, 2.45) is 11.7 Å². The van der Waals surface area contributed by atoms with Crippen LogP contribution in [-0.2, 0) is 4.74 Å². The quantitative estimate of drug-likeness (QED) is 0.690. The number of hydrogen-bond donors (Lipinski definition) is 3. The first-order valence-corrected chi connectivity index (χ1v) is 9.24. The number of nitrogens with one attached hydrogen (secondary N) is 2. The van der Waals surface area contributed by atoms with Crippen LogP contribution in [0.3, 0.4) is 0 Å². The van der Waals surface area contributed by atoms with E-state index in [0.29, 0.717) is 5.57 Å². The number of ether oxygens (including phenoxy) is 2. The first-order valence-electron chi connectivity index (χ1n) is 8.45. The van der Waals surface area contributed by atoms with E-state index >= 15 is 0 Å². The van der Waals surface area contributed by atoms with E-state index < -0.39 is 0 Å². The van der Waals surface area contributed by atoms with Crippen molar-refractivity contribution < 1.29 is 9.47 Å². The molecular weight excluding hydrogens is 410 g/mol. The summed E-state index contributed by atoms with van der Waals surface area (Å²) in [4.78, 5) is 4.22. The van der Waals surface area contributed by atoms with Gasteiger partial charge in [0.1, 0.15) is 11.8 Å². The zero-order valence-corrected chi connectivity index (χ0v) is 16.1. The van der Waals surface area contributed by atoms with Gasteiger partial charge >= 0.3 is 0 Å². The lowest BCUT2D eigenvalue weighted by Gasteiger charge is -2.36. The predicted molar refractivity (Wildman–Crippen MR) is 102 cm³/mol. The highest BCUT2D eigenvalue weighted by atomic mass is 79.9. The third kappa shape index (κ3) is 3.04. The normalized spacial score (nSPS) is 26.9. The van der Waals surface area contributed by atoms with E-state index in [0.717, 1.165) is 21.3 Å². The fourth-order valence-electron chi connectivity index (χ4n) is 3.82. The van der Waals surface area contributed by atoms with E-state index in [1.807, 2.05) is 36.5 Å². The molecule has 0 bridgehead atoms. The molecule has 4 N–H and O–H groups in total. The molecule has 0 spiro atoms. The first kappa shape index (κ1) is 17.8. The van der Waals surface area contributed by atoms with Crippen LogP contribution in [0.25, 0.3) is 0 Å². The van der Waals surface area contributed by atoms with Crippen molar-refractivity contribution in [3.63, 3.8) is 0 Å². The van der Waals surface area contributed by atoms with Crippen molar-refractivity contribution in [2.75, 3.05) is 7.11 Å². The maximum Gasteiger partial charge on any atom is 0.200 e. The summed E-state index contributed by atoms with van der Waals surface area (Å²) in [6.07, 6.45) is 3.19. The Bertz CT molecular complexity index is 927. The summed E-state index contributed by atoms with van der Waals surface area (Å²) in [6, 6.07) is 11.9. The van der Waals surface area contributed by atoms with Crippen molar-refractivity contribution in [3.05, 3.63) is 69.8 Å². The fraction of sp³-hybridized carbons (Fsp3) is 0.263. The van der Waals surface area contributed by atoms with Gasteiger partial charge in [-0.05, 0) is 45.3 Å². The van der Waals surface area contributed by atoms with E-state index in [1.165, 1.54) is 0 Å². The van der Waals surface area contributed by atoms with Crippen LogP contribution in [-0.4, -0.2) is 18.3 Å². The van der Waals surface area contributed by atoms with Crippen molar-refractivity contribution in [2.45, 2.75) is 18.2 Å². The molecule has 0 radical (unpaired) electrons. The van der Waals surface area contributed by atoms with Crippen LogP contribution in [0.2, 0.25) is 0 Å². The minimum Gasteiger partial charge on any atom is -0.496 e. The molecule has 1 fully saturated rings. The van der Waals surface area contributed by atoms with Crippen molar-refractivity contribution >= 4 is 15.9 Å². The van der Waals surface area contributed by atoms with Crippen LogP contribution < -0.4 is 21.3 Å². The Morgan fingerprint density at radius 3 is 2.81 bits per heavy atom. The van der Waals surface area contributed by atoms with Crippen LogP contribution in [0.5, 0.6) is 5.75 Å². The molecular formula is C19H18BrN5O2. The van der Waals surface area contributed by atoms with Gasteiger partial charge in [0.05, 0.1) is 23.2 Å². The zero-order chi connectivity index (χ0) is 19.0. The van der Waals surface area contributed by atoms with Gasteiger partial charge in [0.15, 0.2) is 6.23 Å². The number of benzene rings is 1. The van der Waals surface area contributed by atoms with Crippen molar-refractivity contribution in [1.29, 1.82) is 5.26 Å². The molecule has 1 aromatic heterocycles. The standard InChI is InChI=1S/C19H18BrN5O2/c1-26-14-5-4-10(7-13(14)20)15-12(8-21)18(22)27-19-16(15)17(24-25-19)11-3-2-6-23-9-11/h2-7,9,15-17,19,24-25H,22H2,1H3. The highest BCUT2D eigenvalue weighted by Gasteiger charge is 2.49. The molecule has 3 heterocycles. The molecule has 0 amide bonds. The predicted octanol–water partition coefficient (Wildman–Crippen LogP) is 2.45. The molecule has 2 aliphatic heterocycles. The molecule has 4 unspecified atom stereocenters. The number of fused-ring (bicyclic) bond motifs is 1. The molecule has 8 heteroatoms. The summed E-state index contributed by atoms with van der Waals surface area (Å²) in [7, 11) is 1.62. The van der Waals surface area contributed by atoms with Crippen LogP contribution in [0.4, 0.5) is 0 Å². The number of nitriles is 1. The summed E-state index contributed by atoms with van der Waals surface area (Å²) < 4.78 is 11.9. The SMILES string of the molecule is COc1ccc(C2C(C#N)=C(N)OC3NNC(c4cccnc4)C32)cc1Br. The van der Waals surface area contributed by atoms with Crippen LogP contribution in [0.1, 0.15) is 23.1 Å². The number of aromatic nitrogens is 1. The molecule has 4 atom stereocenters. The van der Waals surface area contributed by atoms with Gasteiger partial charge in [0.25, 0.3) is 0 Å². The maximum absolute atomic E-state index is 9.78. The summed E-state index contributed by atoms with van der Waals surface area (Å²) in [5, 5.41) is 9.78. The van der Waals surface area contributed by atoms with E-state index in [4.69, 9.17) is 15.2 Å². The fourth-order valence-corrected chi connectivity index (χ4v) is 4.37. The number of nitrogens with two attached hydrogens (primary N) is 1. The molecule has 4 rings (SSSR count). The molecule has 27 heavy (non-hydrogen) atoms. The second-order valence-corrected chi connectivity index (χ2v) is 7.28. The molecule has 1 aromatic carbocycles. The molecule has 2 aliphatic rings. The summed E-state index contributed by atoms with van der Waals surface area (Å²) >= 11 is 3.54. The number of methoxy groups -OCH3 is 1. The Balaban J connectivity index is 1.82. The van der Waals surface area contributed by atoms with Gasteiger partial charge in [-0.1, -0.05) is 12.1 Å². The lowest BCUT2D eigenvalue weighted by molar-refractivity contribution is 0.0340. The Labute approximate surface area is 165 Å². The third-order valence-electron chi connectivity index (χ3n) is 5.03.